The molecule has 0 aliphatic carbocycles. The standard InChI is InChI=1S/C16H23N3O2/c1-4-19-15-8-6-5-7-12(15)14(18-19)10-17-13(16(20)21)9-11(2)3/h5-8,11,13,17H,4,9-10H2,1-3H3,(H,20,21). The maximum absolute atomic E-state index is 11.3. The monoisotopic (exact) mass is 289 g/mol. The number of benzene rings is 1. The summed E-state index contributed by atoms with van der Waals surface area (Å²) in [5.41, 5.74) is 2.00. The molecular weight excluding hydrogens is 266 g/mol. The summed E-state index contributed by atoms with van der Waals surface area (Å²) < 4.78 is 1.95. The van der Waals surface area contributed by atoms with Gasteiger partial charge in [0.15, 0.2) is 0 Å². The van der Waals surface area contributed by atoms with Gasteiger partial charge in [0.05, 0.1) is 11.2 Å². The Balaban J connectivity index is 2.17. The van der Waals surface area contributed by atoms with E-state index in [4.69, 9.17) is 0 Å². The van der Waals surface area contributed by atoms with Crippen LogP contribution >= 0.6 is 0 Å². The number of hydrogen-bond acceptors (Lipinski definition) is 3. The van der Waals surface area contributed by atoms with E-state index in [1.165, 1.54) is 0 Å². The molecule has 2 rings (SSSR count). The lowest BCUT2D eigenvalue weighted by atomic mass is 10.0. The van der Waals surface area contributed by atoms with Crippen LogP contribution in [0.5, 0.6) is 0 Å². The summed E-state index contributed by atoms with van der Waals surface area (Å²) in [4.78, 5) is 11.3. The Morgan fingerprint density at radius 1 is 1.38 bits per heavy atom. The molecule has 0 fully saturated rings. The van der Waals surface area contributed by atoms with Crippen LogP contribution in [0.2, 0.25) is 0 Å². The molecule has 0 aliphatic heterocycles. The molecular formula is C16H23N3O2. The lowest BCUT2D eigenvalue weighted by Gasteiger charge is -2.15. The quantitative estimate of drug-likeness (QED) is 0.822. The van der Waals surface area contributed by atoms with E-state index in [9.17, 15) is 9.90 Å². The van der Waals surface area contributed by atoms with Crippen molar-refractivity contribution in [3.8, 4) is 0 Å². The molecule has 1 aromatic carbocycles. The summed E-state index contributed by atoms with van der Waals surface area (Å²) in [6.07, 6.45) is 0.613. The molecule has 2 aromatic rings. The molecule has 5 nitrogen and oxygen atoms in total. The average Bonchev–Trinajstić information content (AvgIpc) is 2.81. The fraction of sp³-hybridized carbons (Fsp3) is 0.500. The fourth-order valence-electron chi connectivity index (χ4n) is 2.53. The molecule has 1 aromatic heterocycles. The Labute approximate surface area is 125 Å². The van der Waals surface area contributed by atoms with Gasteiger partial charge < -0.3 is 5.11 Å². The number of carboxylic acids is 1. The highest BCUT2D eigenvalue weighted by Crippen LogP contribution is 2.18. The van der Waals surface area contributed by atoms with E-state index in [1.54, 1.807) is 0 Å². The van der Waals surface area contributed by atoms with Gasteiger partial charge in [-0.15, -0.1) is 0 Å². The van der Waals surface area contributed by atoms with Gasteiger partial charge in [-0.1, -0.05) is 32.0 Å². The molecule has 5 heteroatoms. The van der Waals surface area contributed by atoms with Crippen LogP contribution in [0.3, 0.4) is 0 Å². The highest BCUT2D eigenvalue weighted by atomic mass is 16.4. The molecule has 1 heterocycles. The van der Waals surface area contributed by atoms with Crippen molar-refractivity contribution in [2.24, 2.45) is 5.92 Å². The Kier molecular flexibility index (Phi) is 4.96. The van der Waals surface area contributed by atoms with Gasteiger partial charge in [0.2, 0.25) is 0 Å². The van der Waals surface area contributed by atoms with Crippen LogP contribution in [-0.2, 0) is 17.9 Å². The number of para-hydroxylation sites is 1. The molecule has 114 valence electrons. The minimum Gasteiger partial charge on any atom is -0.480 e. The number of fused-ring (bicyclic) bond motifs is 1. The maximum atomic E-state index is 11.3. The minimum atomic E-state index is -0.803. The van der Waals surface area contributed by atoms with E-state index in [0.717, 1.165) is 23.1 Å². The van der Waals surface area contributed by atoms with Crippen molar-refractivity contribution in [2.45, 2.75) is 46.3 Å². The molecule has 0 saturated heterocycles. The van der Waals surface area contributed by atoms with Gasteiger partial charge in [0, 0.05) is 18.5 Å². The summed E-state index contributed by atoms with van der Waals surface area (Å²) >= 11 is 0. The summed E-state index contributed by atoms with van der Waals surface area (Å²) in [6.45, 7) is 7.37. The van der Waals surface area contributed by atoms with Crippen molar-refractivity contribution in [2.75, 3.05) is 0 Å². The zero-order valence-corrected chi connectivity index (χ0v) is 12.8. The third-order valence-corrected chi connectivity index (χ3v) is 3.56. The zero-order valence-electron chi connectivity index (χ0n) is 12.8. The Bertz CT molecular complexity index is 619. The van der Waals surface area contributed by atoms with Crippen molar-refractivity contribution in [3.63, 3.8) is 0 Å². The minimum absolute atomic E-state index is 0.337. The highest BCUT2D eigenvalue weighted by molar-refractivity contribution is 5.82. The zero-order chi connectivity index (χ0) is 15.4. The van der Waals surface area contributed by atoms with E-state index in [1.807, 2.05) is 42.8 Å². The van der Waals surface area contributed by atoms with Crippen molar-refractivity contribution in [3.05, 3.63) is 30.0 Å². The normalized spacial score (nSPS) is 13.0. The first kappa shape index (κ1) is 15.5. The molecule has 1 unspecified atom stereocenters. The van der Waals surface area contributed by atoms with Crippen LogP contribution in [0.15, 0.2) is 24.3 Å². The number of aromatic nitrogens is 2. The van der Waals surface area contributed by atoms with Crippen LogP contribution < -0.4 is 5.32 Å². The molecule has 21 heavy (non-hydrogen) atoms. The van der Waals surface area contributed by atoms with Crippen molar-refractivity contribution < 1.29 is 9.90 Å². The van der Waals surface area contributed by atoms with E-state index >= 15 is 0 Å². The summed E-state index contributed by atoms with van der Waals surface area (Å²) in [5.74, 6) is -0.466. The lowest BCUT2D eigenvalue weighted by Crippen LogP contribution is -2.37. The third kappa shape index (κ3) is 3.61. The van der Waals surface area contributed by atoms with Crippen LogP contribution in [-0.4, -0.2) is 26.9 Å². The van der Waals surface area contributed by atoms with Crippen LogP contribution in [0.1, 0.15) is 32.9 Å². The number of hydrogen-bond donors (Lipinski definition) is 2. The second-order valence-corrected chi connectivity index (χ2v) is 5.68. The van der Waals surface area contributed by atoms with E-state index in [0.29, 0.717) is 18.9 Å². The molecule has 0 bridgehead atoms. The predicted octanol–water partition coefficient (Wildman–Crippen LogP) is 2.65. The molecule has 2 N–H and O–H groups in total. The maximum Gasteiger partial charge on any atom is 0.320 e. The number of nitrogens with zero attached hydrogens (tertiary/aromatic N) is 2. The van der Waals surface area contributed by atoms with Gasteiger partial charge in [0.1, 0.15) is 6.04 Å². The number of rotatable bonds is 7. The van der Waals surface area contributed by atoms with Gasteiger partial charge in [-0.2, -0.15) is 5.10 Å². The average molecular weight is 289 g/mol. The van der Waals surface area contributed by atoms with Gasteiger partial charge >= 0.3 is 5.97 Å². The summed E-state index contributed by atoms with van der Waals surface area (Å²) in [7, 11) is 0. The first-order valence-electron chi connectivity index (χ1n) is 7.43. The van der Waals surface area contributed by atoms with E-state index < -0.39 is 12.0 Å². The van der Waals surface area contributed by atoms with Crippen molar-refractivity contribution in [1.29, 1.82) is 0 Å². The first-order valence-corrected chi connectivity index (χ1v) is 7.43. The SMILES string of the molecule is CCn1nc(CNC(CC(C)C)C(=O)O)c2ccccc21. The summed E-state index contributed by atoms with van der Waals surface area (Å²) in [5, 5.41) is 18.1. The smallest absolute Gasteiger partial charge is 0.320 e. The first-order chi connectivity index (χ1) is 10.0. The molecule has 0 aliphatic rings. The Hall–Kier alpha value is -1.88. The van der Waals surface area contributed by atoms with Gasteiger partial charge in [-0.3, -0.25) is 14.8 Å². The fourth-order valence-corrected chi connectivity index (χ4v) is 2.53. The van der Waals surface area contributed by atoms with Crippen molar-refractivity contribution >= 4 is 16.9 Å². The summed E-state index contributed by atoms with van der Waals surface area (Å²) in [6, 6.07) is 7.51. The molecule has 0 radical (unpaired) electrons. The molecule has 0 saturated carbocycles. The van der Waals surface area contributed by atoms with E-state index in [-0.39, 0.29) is 0 Å². The lowest BCUT2D eigenvalue weighted by molar-refractivity contribution is -0.140. The van der Waals surface area contributed by atoms with Gasteiger partial charge in [-0.25, -0.2) is 0 Å². The number of aliphatic carboxylic acids is 1. The largest absolute Gasteiger partial charge is 0.480 e. The Morgan fingerprint density at radius 2 is 2.10 bits per heavy atom. The number of carbonyl (C=O) groups is 1. The second kappa shape index (κ2) is 6.72. The van der Waals surface area contributed by atoms with Gasteiger partial charge in [0.25, 0.3) is 0 Å². The van der Waals surface area contributed by atoms with Gasteiger partial charge in [-0.05, 0) is 25.3 Å². The molecule has 1 atom stereocenters. The topological polar surface area (TPSA) is 67.2 Å². The van der Waals surface area contributed by atoms with Crippen LogP contribution in [0, 0.1) is 5.92 Å². The number of carboxylic acid groups (broad SMARTS) is 1. The highest BCUT2D eigenvalue weighted by Gasteiger charge is 2.19. The number of aryl methyl sites for hydroxylation is 1. The predicted molar refractivity (Wildman–Crippen MR) is 83.1 cm³/mol. The molecule has 0 amide bonds. The van der Waals surface area contributed by atoms with E-state index in [2.05, 4.69) is 17.3 Å². The van der Waals surface area contributed by atoms with Crippen LogP contribution in [0.4, 0.5) is 0 Å². The molecule has 0 spiro atoms. The van der Waals surface area contributed by atoms with Crippen LogP contribution in [0.25, 0.3) is 10.9 Å². The second-order valence-electron chi connectivity index (χ2n) is 5.68. The third-order valence-electron chi connectivity index (χ3n) is 3.56. The van der Waals surface area contributed by atoms with Crippen molar-refractivity contribution in [1.82, 2.24) is 15.1 Å². The number of nitrogens with one attached hydrogen (secondary N) is 1. The Morgan fingerprint density at radius 3 is 2.71 bits per heavy atom.